The van der Waals surface area contributed by atoms with E-state index < -0.39 is 23.3 Å². The van der Waals surface area contributed by atoms with Crippen molar-refractivity contribution in [2.75, 3.05) is 13.2 Å². The summed E-state index contributed by atoms with van der Waals surface area (Å²) in [6, 6.07) is 3.58. The molecule has 0 spiro atoms. The Morgan fingerprint density at radius 1 is 0.978 bits per heavy atom. The van der Waals surface area contributed by atoms with Crippen LogP contribution in [-0.4, -0.2) is 79.0 Å². The van der Waals surface area contributed by atoms with Crippen molar-refractivity contribution in [1.82, 2.24) is 24.7 Å². The molecule has 13 heteroatoms. The monoisotopic (exact) mass is 625 g/mol. The van der Waals surface area contributed by atoms with E-state index in [1.54, 1.807) is 52.3 Å². The van der Waals surface area contributed by atoms with Crippen molar-refractivity contribution in [2.45, 2.75) is 109 Å². The molecule has 2 fully saturated rings. The normalized spacial score (nSPS) is 18.8. The Hall–Kier alpha value is -4.13. The minimum atomic E-state index is -0.975. The summed E-state index contributed by atoms with van der Waals surface area (Å²) in [5.41, 5.74) is 0.395. The summed E-state index contributed by atoms with van der Waals surface area (Å²) in [7, 11) is 0. The molecule has 3 heterocycles. The molecule has 0 bridgehead atoms. The topological polar surface area (TPSA) is 156 Å². The number of aromatic nitrogens is 4. The van der Waals surface area contributed by atoms with Crippen molar-refractivity contribution < 1.29 is 38.4 Å². The maximum Gasteiger partial charge on any atom is 0.438 e. The van der Waals surface area contributed by atoms with Gasteiger partial charge < -0.3 is 29.4 Å². The van der Waals surface area contributed by atoms with Crippen LogP contribution >= 0.6 is 0 Å². The summed E-state index contributed by atoms with van der Waals surface area (Å²) < 4.78 is 25.4. The van der Waals surface area contributed by atoms with Crippen LogP contribution < -0.4 is 14.8 Å². The quantitative estimate of drug-likeness (QED) is 0.305. The van der Waals surface area contributed by atoms with Crippen molar-refractivity contribution in [2.24, 2.45) is 0 Å². The van der Waals surface area contributed by atoms with Crippen LogP contribution in [0.5, 0.6) is 11.6 Å². The molecule has 0 aromatic carbocycles. The van der Waals surface area contributed by atoms with Crippen LogP contribution in [0.25, 0.3) is 5.52 Å². The van der Waals surface area contributed by atoms with Crippen molar-refractivity contribution in [3.63, 3.8) is 0 Å². The lowest BCUT2D eigenvalue weighted by molar-refractivity contribution is 0.0279. The molecule has 3 aromatic rings. The predicted octanol–water partition coefficient (Wildman–Crippen LogP) is 4.64. The Kier molecular flexibility index (Phi) is 9.11. The lowest BCUT2D eigenvalue weighted by atomic mass is 9.92. The number of carbonyl (C=O) groups is 3. The Balaban J connectivity index is 1.24. The Morgan fingerprint density at radius 2 is 1.67 bits per heavy atom. The number of hydrogen-bond acceptors (Lipinski definition) is 10. The van der Waals surface area contributed by atoms with E-state index in [1.807, 2.05) is 12.1 Å². The van der Waals surface area contributed by atoms with Crippen LogP contribution in [0.1, 0.15) is 112 Å². The zero-order valence-electron chi connectivity index (χ0n) is 26.8. The first-order chi connectivity index (χ1) is 21.2. The maximum absolute atomic E-state index is 13.4. The summed E-state index contributed by atoms with van der Waals surface area (Å²) >= 11 is 0. The van der Waals surface area contributed by atoms with Crippen molar-refractivity contribution in [3.8, 4) is 11.6 Å². The molecule has 2 N–H and O–H groups in total. The van der Waals surface area contributed by atoms with Crippen LogP contribution in [0.3, 0.4) is 0 Å². The number of fused-ring (bicyclic) bond motifs is 1. The van der Waals surface area contributed by atoms with Crippen molar-refractivity contribution in [3.05, 3.63) is 41.3 Å². The molecule has 2 aliphatic carbocycles. The molecule has 0 aliphatic heterocycles. The molecule has 0 atom stereocenters. The number of aliphatic hydroxyl groups is 1. The molecule has 244 valence electrons. The average Bonchev–Trinajstić information content (AvgIpc) is 3.55. The highest BCUT2D eigenvalue weighted by atomic mass is 16.6. The van der Waals surface area contributed by atoms with E-state index in [-0.39, 0.29) is 42.7 Å². The minimum absolute atomic E-state index is 0.0149. The fourth-order valence-electron chi connectivity index (χ4n) is 5.32. The van der Waals surface area contributed by atoms with E-state index in [1.165, 1.54) is 6.20 Å². The third kappa shape index (κ3) is 7.75. The number of pyridine rings is 1. The fourth-order valence-corrected chi connectivity index (χ4v) is 5.32. The molecule has 13 nitrogen and oxygen atoms in total. The summed E-state index contributed by atoms with van der Waals surface area (Å²) in [6.45, 7) is 10.6. The molecule has 2 saturated carbocycles. The van der Waals surface area contributed by atoms with Crippen LogP contribution in [0.15, 0.2) is 24.5 Å². The van der Waals surface area contributed by atoms with E-state index in [9.17, 15) is 19.5 Å². The van der Waals surface area contributed by atoms with Gasteiger partial charge in [0.1, 0.15) is 29.6 Å². The van der Waals surface area contributed by atoms with Gasteiger partial charge in [0, 0.05) is 12.0 Å². The second-order valence-corrected chi connectivity index (χ2v) is 13.4. The number of ether oxygens (including phenoxy) is 4. The zero-order valence-corrected chi connectivity index (χ0v) is 26.8. The van der Waals surface area contributed by atoms with Crippen LogP contribution in [0.4, 0.5) is 4.79 Å². The van der Waals surface area contributed by atoms with Gasteiger partial charge in [0.15, 0.2) is 0 Å². The second kappa shape index (κ2) is 12.7. The number of esters is 1. The van der Waals surface area contributed by atoms with E-state index in [4.69, 9.17) is 18.9 Å². The number of rotatable bonds is 10. The number of hydrogen-bond donors (Lipinski definition) is 2. The molecule has 5 rings (SSSR count). The van der Waals surface area contributed by atoms with Gasteiger partial charge in [0.05, 0.1) is 41.4 Å². The van der Waals surface area contributed by atoms with Gasteiger partial charge in [0.2, 0.25) is 5.88 Å². The first kappa shape index (κ1) is 32.3. The maximum atomic E-state index is 13.4. The number of nitrogens with one attached hydrogen (secondary N) is 1. The van der Waals surface area contributed by atoms with Crippen LogP contribution in [0, 0.1) is 0 Å². The van der Waals surface area contributed by atoms with E-state index in [0.29, 0.717) is 48.4 Å². The molecule has 2 aliphatic rings. The first-order valence-corrected chi connectivity index (χ1v) is 15.6. The van der Waals surface area contributed by atoms with Gasteiger partial charge in [-0.05, 0) is 92.2 Å². The standard InChI is InChI=1S/C32H43N5O8/c1-7-42-29(39)23-17-34-37(30(40)45-31(2,3)4)28(23)44-21-12-10-20(11-13-21)35-27(38)22-16-33-36-24(22)14-15-25(26(36)19-8-9-19)43-18-32(5,6)41/h14-17,19-21,41H,7-13,18H2,1-6H3,(H,35,38). The molecular formula is C32H43N5O8. The lowest BCUT2D eigenvalue weighted by Gasteiger charge is -2.29. The highest BCUT2D eigenvalue weighted by molar-refractivity contribution is 6.01. The third-order valence-corrected chi connectivity index (χ3v) is 7.54. The molecule has 0 saturated heterocycles. The van der Waals surface area contributed by atoms with Crippen molar-refractivity contribution in [1.29, 1.82) is 0 Å². The zero-order chi connectivity index (χ0) is 32.5. The highest BCUT2D eigenvalue weighted by Gasteiger charge is 2.33. The molecule has 3 aromatic heterocycles. The Labute approximate surface area is 262 Å². The van der Waals surface area contributed by atoms with Gasteiger partial charge in [-0.15, -0.1) is 4.68 Å². The Bertz CT molecular complexity index is 1550. The van der Waals surface area contributed by atoms with Gasteiger partial charge in [-0.1, -0.05) is 0 Å². The van der Waals surface area contributed by atoms with E-state index in [0.717, 1.165) is 23.2 Å². The summed E-state index contributed by atoms with van der Waals surface area (Å²) in [5, 5.41) is 21.9. The van der Waals surface area contributed by atoms with Gasteiger partial charge in [-0.25, -0.2) is 14.1 Å². The second-order valence-electron chi connectivity index (χ2n) is 13.4. The fraction of sp³-hybridized carbons (Fsp3) is 0.594. The third-order valence-electron chi connectivity index (χ3n) is 7.54. The number of carbonyl (C=O) groups excluding carboxylic acids is 3. The number of amides is 1. The molecule has 0 radical (unpaired) electrons. The van der Waals surface area contributed by atoms with Gasteiger partial charge in [-0.3, -0.25) is 4.79 Å². The first-order valence-electron chi connectivity index (χ1n) is 15.6. The minimum Gasteiger partial charge on any atom is -0.489 e. The average molecular weight is 626 g/mol. The summed E-state index contributed by atoms with van der Waals surface area (Å²) in [4.78, 5) is 38.8. The van der Waals surface area contributed by atoms with E-state index in [2.05, 4.69) is 15.5 Å². The molecule has 1 amide bonds. The number of nitrogens with zero attached hydrogens (tertiary/aromatic N) is 4. The molecule has 45 heavy (non-hydrogen) atoms. The molecule has 0 unspecified atom stereocenters. The van der Waals surface area contributed by atoms with Gasteiger partial charge >= 0.3 is 12.1 Å². The Morgan fingerprint density at radius 3 is 2.29 bits per heavy atom. The van der Waals surface area contributed by atoms with Gasteiger partial charge in [-0.2, -0.15) is 10.2 Å². The van der Waals surface area contributed by atoms with Crippen LogP contribution in [-0.2, 0) is 9.47 Å². The smallest absolute Gasteiger partial charge is 0.438 e. The van der Waals surface area contributed by atoms with Crippen LogP contribution in [0.2, 0.25) is 0 Å². The largest absolute Gasteiger partial charge is 0.489 e. The summed E-state index contributed by atoms with van der Waals surface area (Å²) in [6.07, 6.45) is 6.21. The van der Waals surface area contributed by atoms with Gasteiger partial charge in [0.25, 0.3) is 5.91 Å². The van der Waals surface area contributed by atoms with E-state index >= 15 is 0 Å². The predicted molar refractivity (Wildman–Crippen MR) is 163 cm³/mol. The highest BCUT2D eigenvalue weighted by Crippen LogP contribution is 2.44. The molecular weight excluding hydrogens is 582 g/mol. The van der Waals surface area contributed by atoms with Crippen molar-refractivity contribution >= 4 is 23.5 Å². The summed E-state index contributed by atoms with van der Waals surface area (Å²) in [5.74, 6) is 0.0948. The lowest BCUT2D eigenvalue weighted by Crippen LogP contribution is -2.40. The SMILES string of the molecule is CCOC(=O)c1cnn(C(=O)OC(C)(C)C)c1OC1CCC(NC(=O)c2cnn3c(C4CC4)c(OCC(C)(C)O)ccc23)CC1.